The average molecular weight is 296 g/mol. The van der Waals surface area contributed by atoms with Gasteiger partial charge >= 0.3 is 6.09 Å². The summed E-state index contributed by atoms with van der Waals surface area (Å²) in [6, 6.07) is 7.56. The molecule has 0 atom stereocenters. The number of thiocarbonyl (C=S) groups is 1. The Morgan fingerprint density at radius 2 is 1.85 bits per heavy atom. The van der Waals surface area contributed by atoms with Crippen LogP contribution in [0.4, 0.5) is 4.79 Å². The molecular formula is C14H20N2O3S. The van der Waals surface area contributed by atoms with Crippen LogP contribution in [-0.2, 0) is 11.3 Å². The van der Waals surface area contributed by atoms with E-state index in [1.165, 1.54) is 0 Å². The van der Waals surface area contributed by atoms with Crippen molar-refractivity contribution < 1.29 is 14.3 Å². The number of carbonyl (C=O) groups is 1. The summed E-state index contributed by atoms with van der Waals surface area (Å²) >= 11 is 5.02. The van der Waals surface area contributed by atoms with Crippen molar-refractivity contribution in [1.82, 2.24) is 10.6 Å². The minimum Gasteiger partial charge on any atom is -0.497 e. The SMILES string of the molecule is COc1ccc(CNC(=S)NC(=O)OC(C)(C)C)cc1. The van der Waals surface area contributed by atoms with Gasteiger partial charge in [-0.3, -0.25) is 5.32 Å². The Hall–Kier alpha value is -1.82. The van der Waals surface area contributed by atoms with Crippen molar-refractivity contribution in [1.29, 1.82) is 0 Å². The van der Waals surface area contributed by atoms with Crippen molar-refractivity contribution in [3.8, 4) is 5.75 Å². The highest BCUT2D eigenvalue weighted by molar-refractivity contribution is 7.80. The third-order valence-corrected chi connectivity index (χ3v) is 2.47. The van der Waals surface area contributed by atoms with E-state index in [0.717, 1.165) is 11.3 Å². The first-order valence-corrected chi connectivity index (χ1v) is 6.62. The van der Waals surface area contributed by atoms with Crippen LogP contribution in [0.25, 0.3) is 0 Å². The molecule has 0 saturated heterocycles. The van der Waals surface area contributed by atoms with Gasteiger partial charge in [-0.2, -0.15) is 0 Å². The number of ether oxygens (including phenoxy) is 2. The molecule has 0 saturated carbocycles. The standard InChI is InChI=1S/C14H20N2O3S/c1-14(2,3)19-13(17)16-12(20)15-9-10-5-7-11(18-4)8-6-10/h5-8H,9H2,1-4H3,(H2,15,16,17,20). The molecule has 0 aliphatic heterocycles. The Kier molecular flexibility index (Phi) is 5.76. The van der Waals surface area contributed by atoms with Crippen molar-refractivity contribution >= 4 is 23.4 Å². The van der Waals surface area contributed by atoms with E-state index in [-0.39, 0.29) is 5.11 Å². The van der Waals surface area contributed by atoms with Crippen LogP contribution >= 0.6 is 12.2 Å². The number of amides is 1. The lowest BCUT2D eigenvalue weighted by Crippen LogP contribution is -2.41. The molecule has 1 aromatic rings. The van der Waals surface area contributed by atoms with Crippen molar-refractivity contribution in [2.45, 2.75) is 32.9 Å². The molecule has 1 aromatic carbocycles. The predicted molar refractivity (Wildman–Crippen MR) is 81.8 cm³/mol. The largest absolute Gasteiger partial charge is 0.497 e. The zero-order valence-electron chi connectivity index (χ0n) is 12.1. The van der Waals surface area contributed by atoms with E-state index in [2.05, 4.69) is 10.6 Å². The molecule has 0 bridgehead atoms. The Balaban J connectivity index is 2.37. The first kappa shape index (κ1) is 16.2. The highest BCUT2D eigenvalue weighted by atomic mass is 32.1. The van der Waals surface area contributed by atoms with E-state index in [1.807, 2.05) is 24.3 Å². The van der Waals surface area contributed by atoms with Gasteiger partial charge < -0.3 is 14.8 Å². The van der Waals surface area contributed by atoms with Crippen LogP contribution < -0.4 is 15.4 Å². The van der Waals surface area contributed by atoms with Gasteiger partial charge in [0, 0.05) is 6.54 Å². The van der Waals surface area contributed by atoms with Crippen LogP contribution in [-0.4, -0.2) is 23.9 Å². The third kappa shape index (κ3) is 6.38. The van der Waals surface area contributed by atoms with Gasteiger partial charge in [0.15, 0.2) is 5.11 Å². The Morgan fingerprint density at radius 1 is 1.25 bits per heavy atom. The second-order valence-corrected chi connectivity index (χ2v) is 5.57. The zero-order chi connectivity index (χ0) is 15.2. The number of alkyl carbamates (subject to hydrolysis) is 1. The summed E-state index contributed by atoms with van der Waals surface area (Å²) in [5.74, 6) is 0.795. The number of hydrogen-bond donors (Lipinski definition) is 2. The molecule has 0 aromatic heterocycles. The summed E-state index contributed by atoms with van der Waals surface area (Å²) in [6.07, 6.45) is -0.565. The first-order chi connectivity index (χ1) is 9.30. The highest BCUT2D eigenvalue weighted by Gasteiger charge is 2.16. The molecule has 2 N–H and O–H groups in total. The maximum absolute atomic E-state index is 11.5. The molecule has 0 unspecified atom stereocenters. The van der Waals surface area contributed by atoms with E-state index >= 15 is 0 Å². The quantitative estimate of drug-likeness (QED) is 0.840. The van der Waals surface area contributed by atoms with E-state index in [1.54, 1.807) is 27.9 Å². The fourth-order valence-corrected chi connectivity index (χ4v) is 1.52. The molecule has 0 fully saturated rings. The normalized spacial score (nSPS) is 10.6. The van der Waals surface area contributed by atoms with Gasteiger partial charge in [-0.1, -0.05) is 12.1 Å². The van der Waals surface area contributed by atoms with Gasteiger partial charge in [-0.25, -0.2) is 4.79 Å². The maximum Gasteiger partial charge on any atom is 0.413 e. The molecule has 20 heavy (non-hydrogen) atoms. The van der Waals surface area contributed by atoms with Crippen LogP contribution in [0.1, 0.15) is 26.3 Å². The molecule has 0 aliphatic carbocycles. The van der Waals surface area contributed by atoms with Crippen molar-refractivity contribution in [2.75, 3.05) is 7.11 Å². The minimum absolute atomic E-state index is 0.232. The molecule has 1 rings (SSSR count). The molecule has 5 nitrogen and oxygen atoms in total. The molecule has 6 heteroatoms. The van der Waals surface area contributed by atoms with E-state index in [9.17, 15) is 4.79 Å². The summed E-state index contributed by atoms with van der Waals surface area (Å²) in [5, 5.41) is 5.63. The van der Waals surface area contributed by atoms with Gasteiger partial charge in [-0.05, 0) is 50.7 Å². The molecular weight excluding hydrogens is 276 g/mol. The fourth-order valence-electron chi connectivity index (χ4n) is 1.37. The fraction of sp³-hybridized carbons (Fsp3) is 0.429. The van der Waals surface area contributed by atoms with Crippen LogP contribution in [0.5, 0.6) is 5.75 Å². The summed E-state index contributed by atoms with van der Waals surface area (Å²) < 4.78 is 10.2. The van der Waals surface area contributed by atoms with Gasteiger partial charge in [0.25, 0.3) is 0 Å². The van der Waals surface area contributed by atoms with Gasteiger partial charge in [0.2, 0.25) is 0 Å². The Bertz CT molecular complexity index is 466. The van der Waals surface area contributed by atoms with Crippen molar-refractivity contribution in [2.24, 2.45) is 0 Å². The molecule has 0 radical (unpaired) electrons. The predicted octanol–water partition coefficient (Wildman–Crippen LogP) is 2.59. The second-order valence-electron chi connectivity index (χ2n) is 5.16. The number of rotatable bonds is 3. The lowest BCUT2D eigenvalue weighted by Gasteiger charge is -2.20. The number of methoxy groups -OCH3 is 1. The van der Waals surface area contributed by atoms with Crippen LogP contribution in [0.3, 0.4) is 0 Å². The smallest absolute Gasteiger partial charge is 0.413 e. The molecule has 0 aliphatic rings. The van der Waals surface area contributed by atoms with Crippen LogP contribution in [0.2, 0.25) is 0 Å². The lowest BCUT2D eigenvalue weighted by molar-refractivity contribution is 0.0562. The van der Waals surface area contributed by atoms with E-state index in [4.69, 9.17) is 21.7 Å². The van der Waals surface area contributed by atoms with E-state index < -0.39 is 11.7 Å². The van der Waals surface area contributed by atoms with Crippen molar-refractivity contribution in [3.05, 3.63) is 29.8 Å². The Morgan fingerprint density at radius 3 is 2.35 bits per heavy atom. The average Bonchev–Trinajstić information content (AvgIpc) is 2.34. The molecule has 110 valence electrons. The first-order valence-electron chi connectivity index (χ1n) is 6.21. The second kappa shape index (κ2) is 7.09. The monoisotopic (exact) mass is 296 g/mol. The summed E-state index contributed by atoms with van der Waals surface area (Å²) in [5.41, 5.74) is 0.481. The number of benzene rings is 1. The number of carbonyl (C=O) groups excluding carboxylic acids is 1. The van der Waals surface area contributed by atoms with Gasteiger partial charge in [-0.15, -0.1) is 0 Å². The molecule has 0 heterocycles. The topological polar surface area (TPSA) is 59.6 Å². The lowest BCUT2D eigenvalue weighted by atomic mass is 10.2. The maximum atomic E-state index is 11.5. The van der Waals surface area contributed by atoms with Crippen molar-refractivity contribution in [3.63, 3.8) is 0 Å². The third-order valence-electron chi connectivity index (χ3n) is 2.23. The van der Waals surface area contributed by atoms with Crippen LogP contribution in [0.15, 0.2) is 24.3 Å². The van der Waals surface area contributed by atoms with Gasteiger partial charge in [0.1, 0.15) is 11.4 Å². The highest BCUT2D eigenvalue weighted by Crippen LogP contribution is 2.11. The molecule has 0 spiro atoms. The minimum atomic E-state index is -0.565. The summed E-state index contributed by atoms with van der Waals surface area (Å²) in [6.45, 7) is 5.89. The Labute approximate surface area is 124 Å². The number of hydrogen-bond acceptors (Lipinski definition) is 4. The summed E-state index contributed by atoms with van der Waals surface area (Å²) in [7, 11) is 1.62. The van der Waals surface area contributed by atoms with Gasteiger partial charge in [0.05, 0.1) is 7.11 Å². The zero-order valence-corrected chi connectivity index (χ0v) is 13.0. The van der Waals surface area contributed by atoms with Crippen LogP contribution in [0, 0.1) is 0 Å². The summed E-state index contributed by atoms with van der Waals surface area (Å²) in [4.78, 5) is 11.5. The number of nitrogens with one attached hydrogen (secondary N) is 2. The van der Waals surface area contributed by atoms with E-state index in [0.29, 0.717) is 6.54 Å². The molecule has 1 amide bonds.